The van der Waals surface area contributed by atoms with Gasteiger partial charge >= 0.3 is 11.9 Å². The van der Waals surface area contributed by atoms with Gasteiger partial charge in [0.15, 0.2) is 0 Å². The largest absolute Gasteiger partial charge is 0.494 e. The molecular formula is C14H18O5. The van der Waals surface area contributed by atoms with Gasteiger partial charge in [-0.15, -0.1) is 0 Å². The Morgan fingerprint density at radius 2 is 1.84 bits per heavy atom. The van der Waals surface area contributed by atoms with Crippen LogP contribution in [0.3, 0.4) is 0 Å². The summed E-state index contributed by atoms with van der Waals surface area (Å²) in [4.78, 5) is 21.6. The summed E-state index contributed by atoms with van der Waals surface area (Å²) in [5.41, 5.74) is 0.789. The number of hydrogen-bond acceptors (Lipinski definition) is 3. The minimum Gasteiger partial charge on any atom is -0.494 e. The van der Waals surface area contributed by atoms with E-state index in [9.17, 15) is 9.59 Å². The van der Waals surface area contributed by atoms with Crippen molar-refractivity contribution in [2.24, 2.45) is 5.92 Å². The SMILES string of the molecule is CCCOc1ccc(C[C@@H](CC(=O)O)C(=O)O)cc1. The average Bonchev–Trinajstić information content (AvgIpc) is 2.36. The predicted octanol–water partition coefficient (Wildman–Crippen LogP) is 2.19. The molecule has 0 bridgehead atoms. The number of aliphatic carboxylic acids is 2. The molecule has 0 aromatic heterocycles. The van der Waals surface area contributed by atoms with Crippen LogP contribution >= 0.6 is 0 Å². The van der Waals surface area contributed by atoms with Crippen molar-refractivity contribution in [2.45, 2.75) is 26.2 Å². The molecule has 0 radical (unpaired) electrons. The van der Waals surface area contributed by atoms with Gasteiger partial charge in [0.05, 0.1) is 18.9 Å². The van der Waals surface area contributed by atoms with Crippen molar-refractivity contribution in [2.75, 3.05) is 6.61 Å². The van der Waals surface area contributed by atoms with Gasteiger partial charge in [0, 0.05) is 0 Å². The topological polar surface area (TPSA) is 83.8 Å². The Balaban J connectivity index is 2.64. The van der Waals surface area contributed by atoms with E-state index in [1.807, 2.05) is 6.92 Å². The summed E-state index contributed by atoms with van der Waals surface area (Å²) < 4.78 is 5.42. The number of hydrogen-bond donors (Lipinski definition) is 2. The second-order valence-electron chi connectivity index (χ2n) is 4.33. The summed E-state index contributed by atoms with van der Waals surface area (Å²) in [6.07, 6.45) is 0.751. The lowest BCUT2D eigenvalue weighted by Gasteiger charge is -2.10. The van der Waals surface area contributed by atoms with Crippen LogP contribution in [0.5, 0.6) is 5.75 Å². The van der Waals surface area contributed by atoms with Gasteiger partial charge in [0.25, 0.3) is 0 Å². The molecule has 0 heterocycles. The maximum absolute atomic E-state index is 11.0. The molecule has 1 atom stereocenters. The molecule has 1 rings (SSSR count). The maximum atomic E-state index is 11.0. The zero-order chi connectivity index (χ0) is 14.3. The second-order valence-corrected chi connectivity index (χ2v) is 4.33. The lowest BCUT2D eigenvalue weighted by Crippen LogP contribution is -2.20. The van der Waals surface area contributed by atoms with Crippen LogP contribution in [0.1, 0.15) is 25.3 Å². The number of ether oxygens (including phenoxy) is 1. The van der Waals surface area contributed by atoms with Gasteiger partial charge < -0.3 is 14.9 Å². The maximum Gasteiger partial charge on any atom is 0.307 e. The first kappa shape index (κ1) is 15.0. The first-order valence-corrected chi connectivity index (χ1v) is 6.19. The number of benzene rings is 1. The van der Waals surface area contributed by atoms with Gasteiger partial charge in [0.2, 0.25) is 0 Å². The van der Waals surface area contributed by atoms with Crippen LogP contribution in [0.4, 0.5) is 0 Å². The van der Waals surface area contributed by atoms with E-state index in [0.717, 1.165) is 17.7 Å². The smallest absolute Gasteiger partial charge is 0.307 e. The highest BCUT2D eigenvalue weighted by Gasteiger charge is 2.21. The molecule has 1 aromatic carbocycles. The highest BCUT2D eigenvalue weighted by Crippen LogP contribution is 2.17. The van der Waals surface area contributed by atoms with Crippen molar-refractivity contribution in [3.63, 3.8) is 0 Å². The number of carboxylic acid groups (broad SMARTS) is 2. The first-order valence-electron chi connectivity index (χ1n) is 6.19. The third kappa shape index (κ3) is 5.42. The Kier molecular flexibility index (Phi) is 5.85. The van der Waals surface area contributed by atoms with Gasteiger partial charge in [-0.1, -0.05) is 19.1 Å². The van der Waals surface area contributed by atoms with Crippen LogP contribution < -0.4 is 4.74 Å². The summed E-state index contributed by atoms with van der Waals surface area (Å²) in [5, 5.41) is 17.6. The van der Waals surface area contributed by atoms with Crippen LogP contribution in [0.2, 0.25) is 0 Å². The van der Waals surface area contributed by atoms with Gasteiger partial charge in [-0.05, 0) is 30.5 Å². The van der Waals surface area contributed by atoms with Gasteiger partial charge in [0.1, 0.15) is 5.75 Å². The minimum atomic E-state index is -1.10. The fourth-order valence-electron chi connectivity index (χ4n) is 1.68. The Morgan fingerprint density at radius 1 is 1.21 bits per heavy atom. The van der Waals surface area contributed by atoms with Gasteiger partial charge in [-0.25, -0.2) is 0 Å². The van der Waals surface area contributed by atoms with Crippen LogP contribution in [0, 0.1) is 5.92 Å². The molecular weight excluding hydrogens is 248 g/mol. The van der Waals surface area contributed by atoms with E-state index in [1.165, 1.54) is 0 Å². The zero-order valence-corrected chi connectivity index (χ0v) is 10.8. The molecule has 0 aliphatic rings. The fourth-order valence-corrected chi connectivity index (χ4v) is 1.68. The molecule has 5 nitrogen and oxygen atoms in total. The fraction of sp³-hybridized carbons (Fsp3) is 0.429. The normalized spacial score (nSPS) is 11.8. The first-order chi connectivity index (χ1) is 9.02. The molecule has 2 N–H and O–H groups in total. The van der Waals surface area contributed by atoms with Crippen molar-refractivity contribution in [3.8, 4) is 5.75 Å². The average molecular weight is 266 g/mol. The van der Waals surface area contributed by atoms with E-state index in [4.69, 9.17) is 14.9 Å². The molecule has 5 heteroatoms. The lowest BCUT2D eigenvalue weighted by atomic mass is 9.96. The van der Waals surface area contributed by atoms with Crippen LogP contribution in [-0.2, 0) is 16.0 Å². The summed E-state index contributed by atoms with van der Waals surface area (Å²) >= 11 is 0. The number of rotatable bonds is 8. The standard InChI is InChI=1S/C14H18O5/c1-2-7-19-12-5-3-10(4-6-12)8-11(14(17)18)9-13(15)16/h3-6,11H,2,7-9H2,1H3,(H,15,16)(H,17,18)/t11-/m0/s1. The molecule has 19 heavy (non-hydrogen) atoms. The Bertz CT molecular complexity index is 424. The third-order valence-electron chi connectivity index (χ3n) is 2.65. The highest BCUT2D eigenvalue weighted by atomic mass is 16.5. The summed E-state index contributed by atoms with van der Waals surface area (Å²) in [6.45, 7) is 2.65. The van der Waals surface area contributed by atoms with Crippen molar-refractivity contribution in [1.29, 1.82) is 0 Å². The van der Waals surface area contributed by atoms with E-state index >= 15 is 0 Å². The van der Waals surface area contributed by atoms with Crippen LogP contribution in [-0.4, -0.2) is 28.8 Å². The molecule has 0 saturated carbocycles. The molecule has 104 valence electrons. The monoisotopic (exact) mass is 266 g/mol. The molecule has 0 spiro atoms. The van der Waals surface area contributed by atoms with Crippen LogP contribution in [0.15, 0.2) is 24.3 Å². The van der Waals surface area contributed by atoms with Crippen molar-refractivity contribution < 1.29 is 24.5 Å². The predicted molar refractivity (Wildman–Crippen MR) is 69.3 cm³/mol. The van der Waals surface area contributed by atoms with E-state index in [2.05, 4.69) is 0 Å². The Hall–Kier alpha value is -2.04. The minimum absolute atomic E-state index is 0.204. The third-order valence-corrected chi connectivity index (χ3v) is 2.65. The van der Waals surface area contributed by atoms with Gasteiger partial charge in [-0.2, -0.15) is 0 Å². The summed E-state index contributed by atoms with van der Waals surface area (Å²) in [7, 11) is 0. The zero-order valence-electron chi connectivity index (χ0n) is 10.8. The van der Waals surface area contributed by atoms with Crippen molar-refractivity contribution in [3.05, 3.63) is 29.8 Å². The second kappa shape index (κ2) is 7.41. The molecule has 0 unspecified atom stereocenters. The van der Waals surface area contributed by atoms with E-state index in [0.29, 0.717) is 6.61 Å². The molecule has 1 aromatic rings. The quantitative estimate of drug-likeness (QED) is 0.753. The molecule has 0 amide bonds. The highest BCUT2D eigenvalue weighted by molar-refractivity contribution is 5.78. The lowest BCUT2D eigenvalue weighted by molar-refractivity contribution is -0.148. The Labute approximate surface area is 111 Å². The molecule has 0 fully saturated rings. The molecule has 0 aliphatic carbocycles. The van der Waals surface area contributed by atoms with E-state index in [1.54, 1.807) is 24.3 Å². The van der Waals surface area contributed by atoms with E-state index in [-0.39, 0.29) is 12.8 Å². The van der Waals surface area contributed by atoms with Crippen molar-refractivity contribution in [1.82, 2.24) is 0 Å². The molecule has 0 aliphatic heterocycles. The van der Waals surface area contributed by atoms with Gasteiger partial charge in [-0.3, -0.25) is 9.59 Å². The summed E-state index contributed by atoms with van der Waals surface area (Å²) in [6, 6.07) is 7.07. The number of carbonyl (C=O) groups is 2. The Morgan fingerprint density at radius 3 is 2.32 bits per heavy atom. The van der Waals surface area contributed by atoms with Crippen molar-refractivity contribution >= 4 is 11.9 Å². The van der Waals surface area contributed by atoms with Crippen LogP contribution in [0.25, 0.3) is 0 Å². The summed E-state index contributed by atoms with van der Waals surface area (Å²) in [5.74, 6) is -2.36. The van der Waals surface area contributed by atoms with E-state index < -0.39 is 17.9 Å². The number of carboxylic acids is 2. The molecule has 0 saturated heterocycles.